The van der Waals surface area contributed by atoms with Crippen LogP contribution < -0.4 is 0 Å². The number of hydrogen-bond donors (Lipinski definition) is 2. The number of H-pyrrole nitrogens is 1. The van der Waals surface area contributed by atoms with Gasteiger partial charge in [0, 0.05) is 35.7 Å². The third kappa shape index (κ3) is 2.85. The quantitative estimate of drug-likeness (QED) is 0.828. The van der Waals surface area contributed by atoms with Gasteiger partial charge in [-0.3, -0.25) is 9.69 Å². The first-order valence-corrected chi connectivity index (χ1v) is 9.40. The molecule has 0 spiro atoms. The van der Waals surface area contributed by atoms with Crippen molar-refractivity contribution in [3.8, 4) is 0 Å². The van der Waals surface area contributed by atoms with Crippen LogP contribution in [-0.2, 0) is 11.2 Å². The molecule has 0 radical (unpaired) electrons. The number of fused-ring (bicyclic) bond motifs is 2. The van der Waals surface area contributed by atoms with Crippen molar-refractivity contribution in [1.29, 1.82) is 0 Å². The van der Waals surface area contributed by atoms with E-state index in [1.54, 1.807) is 0 Å². The number of nitrogens with one attached hydrogen (secondary N) is 1. The number of carbonyl (C=O) groups is 1. The number of likely N-dealkylation sites (tertiary alicyclic amines) is 1. The molecule has 3 atom stereocenters. The minimum Gasteiger partial charge on any atom is -0.481 e. The van der Waals surface area contributed by atoms with E-state index < -0.39 is 11.9 Å². The normalized spacial score (nSPS) is 27.8. The fraction of sp³-hybridized carbons (Fsp3) is 0.476. The molecule has 26 heavy (non-hydrogen) atoms. The van der Waals surface area contributed by atoms with Crippen LogP contribution in [-0.4, -0.2) is 65.1 Å². The predicted octanol–water partition coefficient (Wildman–Crippen LogP) is 2.83. The Balaban J connectivity index is 0.000000240. The summed E-state index contributed by atoms with van der Waals surface area (Å²) in [5.41, 5.74) is 4.83. The van der Waals surface area contributed by atoms with Gasteiger partial charge in [0.25, 0.3) is 0 Å². The maximum Gasteiger partial charge on any atom is 0.311 e. The number of carboxylic acids is 1. The lowest BCUT2D eigenvalue weighted by molar-refractivity contribution is -0.140. The van der Waals surface area contributed by atoms with Gasteiger partial charge in [-0.1, -0.05) is 18.2 Å². The zero-order valence-corrected chi connectivity index (χ0v) is 15.7. The highest BCUT2D eigenvalue weighted by Crippen LogP contribution is 2.40. The van der Waals surface area contributed by atoms with Crippen LogP contribution in [0.3, 0.4) is 0 Å². The highest BCUT2D eigenvalue weighted by atomic mass is 16.4. The molecular formula is C21H27N3O2. The predicted molar refractivity (Wildman–Crippen MR) is 104 cm³/mol. The Morgan fingerprint density at radius 3 is 2.65 bits per heavy atom. The van der Waals surface area contributed by atoms with E-state index in [2.05, 4.69) is 47.1 Å². The highest BCUT2D eigenvalue weighted by Gasteiger charge is 2.35. The molecule has 3 aliphatic rings. The van der Waals surface area contributed by atoms with Gasteiger partial charge < -0.3 is 15.0 Å². The Morgan fingerprint density at radius 1 is 1.27 bits per heavy atom. The molecule has 5 nitrogen and oxygen atoms in total. The van der Waals surface area contributed by atoms with Crippen LogP contribution in [0.1, 0.15) is 24.5 Å². The summed E-state index contributed by atoms with van der Waals surface area (Å²) in [6.45, 7) is 4.14. The van der Waals surface area contributed by atoms with Gasteiger partial charge in [0.05, 0.1) is 5.92 Å². The molecule has 5 heteroatoms. The average molecular weight is 353 g/mol. The van der Waals surface area contributed by atoms with Crippen molar-refractivity contribution in [2.24, 2.45) is 5.92 Å². The van der Waals surface area contributed by atoms with Gasteiger partial charge in [-0.05, 0) is 63.2 Å². The van der Waals surface area contributed by atoms with Crippen molar-refractivity contribution in [3.05, 3.63) is 41.6 Å². The number of rotatable bonds is 1. The van der Waals surface area contributed by atoms with Crippen LogP contribution in [0.4, 0.5) is 0 Å². The summed E-state index contributed by atoms with van der Waals surface area (Å²) in [4.78, 5) is 19.2. The number of aromatic amines is 1. The minimum atomic E-state index is -0.741. The van der Waals surface area contributed by atoms with E-state index in [-0.39, 0.29) is 0 Å². The lowest BCUT2D eigenvalue weighted by Gasteiger charge is -2.38. The number of benzene rings is 1. The molecule has 138 valence electrons. The molecule has 3 heterocycles. The molecule has 2 N–H and O–H groups in total. The first-order chi connectivity index (χ1) is 12.5. The summed E-state index contributed by atoms with van der Waals surface area (Å²) in [7, 11) is 4.18. The Labute approximate surface area is 154 Å². The molecule has 1 fully saturated rings. The molecule has 0 amide bonds. The van der Waals surface area contributed by atoms with Gasteiger partial charge in [-0.15, -0.1) is 0 Å². The van der Waals surface area contributed by atoms with E-state index in [4.69, 9.17) is 0 Å². The first-order valence-electron chi connectivity index (χ1n) is 9.40. The third-order valence-electron chi connectivity index (χ3n) is 6.24. The zero-order valence-electron chi connectivity index (χ0n) is 15.7. The molecule has 1 aliphatic carbocycles. The van der Waals surface area contributed by atoms with Crippen LogP contribution in [0.5, 0.6) is 0 Å². The maximum absolute atomic E-state index is 11.3. The molecule has 2 aliphatic heterocycles. The second-order valence-corrected chi connectivity index (χ2v) is 7.89. The first kappa shape index (κ1) is 17.3. The van der Waals surface area contributed by atoms with Gasteiger partial charge in [-0.25, -0.2) is 0 Å². The van der Waals surface area contributed by atoms with Gasteiger partial charge in [0.2, 0.25) is 0 Å². The van der Waals surface area contributed by atoms with Crippen molar-refractivity contribution in [2.75, 3.05) is 27.2 Å². The molecule has 0 saturated carbocycles. The van der Waals surface area contributed by atoms with Crippen molar-refractivity contribution in [1.82, 2.24) is 14.8 Å². The fourth-order valence-electron chi connectivity index (χ4n) is 4.25. The van der Waals surface area contributed by atoms with Crippen LogP contribution in [0.15, 0.2) is 30.5 Å². The smallest absolute Gasteiger partial charge is 0.311 e. The molecule has 1 saturated heterocycles. The summed E-state index contributed by atoms with van der Waals surface area (Å²) < 4.78 is 0. The van der Waals surface area contributed by atoms with Crippen molar-refractivity contribution < 1.29 is 9.90 Å². The summed E-state index contributed by atoms with van der Waals surface area (Å²) in [6.07, 6.45) is 6.39. The van der Waals surface area contributed by atoms with Gasteiger partial charge in [-0.2, -0.15) is 0 Å². The average Bonchev–Trinajstić information content (AvgIpc) is 3.06. The minimum absolute atomic E-state index is 0.291. The second kappa shape index (κ2) is 6.56. The Kier molecular flexibility index (Phi) is 4.37. The maximum atomic E-state index is 11.3. The highest BCUT2D eigenvalue weighted by molar-refractivity contribution is 5.99. The largest absolute Gasteiger partial charge is 0.481 e. The molecule has 0 bridgehead atoms. The number of hydrogen-bond acceptors (Lipinski definition) is 3. The van der Waals surface area contributed by atoms with Crippen molar-refractivity contribution in [3.63, 3.8) is 0 Å². The zero-order chi connectivity index (χ0) is 18.4. The Bertz CT molecular complexity index is 861. The van der Waals surface area contributed by atoms with Crippen molar-refractivity contribution >= 4 is 22.4 Å². The van der Waals surface area contributed by atoms with Gasteiger partial charge >= 0.3 is 5.97 Å². The fourth-order valence-corrected chi connectivity index (χ4v) is 4.25. The molecular weight excluding hydrogens is 326 g/mol. The van der Waals surface area contributed by atoms with E-state index in [1.807, 2.05) is 19.2 Å². The number of likely N-dealkylation sites (N-methyl/N-ethyl adjacent to an activating group) is 1. The topological polar surface area (TPSA) is 59.6 Å². The lowest BCUT2D eigenvalue weighted by atomic mass is 9.80. The van der Waals surface area contributed by atoms with E-state index in [1.165, 1.54) is 35.1 Å². The summed E-state index contributed by atoms with van der Waals surface area (Å²) >= 11 is 0. The number of aliphatic carboxylic acids is 1. The van der Waals surface area contributed by atoms with Gasteiger partial charge in [0.1, 0.15) is 0 Å². The van der Waals surface area contributed by atoms with Gasteiger partial charge in [0.15, 0.2) is 0 Å². The van der Waals surface area contributed by atoms with E-state index in [0.29, 0.717) is 12.6 Å². The number of nitrogens with zero attached hydrogens (tertiary/aromatic N) is 2. The van der Waals surface area contributed by atoms with Crippen LogP contribution in [0, 0.1) is 5.92 Å². The van der Waals surface area contributed by atoms with E-state index in [9.17, 15) is 9.90 Å². The van der Waals surface area contributed by atoms with Crippen LogP contribution in [0.2, 0.25) is 0 Å². The number of aromatic nitrogens is 1. The van der Waals surface area contributed by atoms with Crippen LogP contribution >= 0.6 is 0 Å². The summed E-state index contributed by atoms with van der Waals surface area (Å²) in [5, 5.41) is 10.6. The molecule has 2 aromatic rings. The SMILES string of the molecule is CC1CCN1C.CN1C[C@H](C(=O)O)C=C2c3cccc4[nH]cc(c34)C[C@H]21. The lowest BCUT2D eigenvalue weighted by Crippen LogP contribution is -2.44. The van der Waals surface area contributed by atoms with Crippen LogP contribution in [0.25, 0.3) is 16.5 Å². The summed E-state index contributed by atoms with van der Waals surface area (Å²) in [5.74, 6) is -1.16. The molecule has 1 aromatic carbocycles. The monoisotopic (exact) mass is 353 g/mol. The number of carboxylic acid groups (broad SMARTS) is 1. The Morgan fingerprint density at radius 2 is 2.04 bits per heavy atom. The van der Waals surface area contributed by atoms with E-state index >= 15 is 0 Å². The molecule has 1 aromatic heterocycles. The molecule has 5 rings (SSSR count). The van der Waals surface area contributed by atoms with E-state index in [0.717, 1.165) is 18.0 Å². The summed E-state index contributed by atoms with van der Waals surface area (Å²) in [6, 6.07) is 7.37. The second-order valence-electron chi connectivity index (χ2n) is 7.89. The Hall–Kier alpha value is -2.11. The third-order valence-corrected chi connectivity index (χ3v) is 6.24. The van der Waals surface area contributed by atoms with Crippen molar-refractivity contribution in [2.45, 2.75) is 31.8 Å². The molecule has 1 unspecified atom stereocenters. The standard InChI is InChI=1S/C16H16N2O2.C5H11N/c1-18-8-10(16(19)20)5-12-11-3-2-4-13-15(11)9(7-17-13)6-14(12)18;1-5-3-4-6(5)2/h2-5,7,10,14,17H,6,8H2,1H3,(H,19,20);5H,3-4H2,1-2H3/t10-,14-;/m1./s1.